The van der Waals surface area contributed by atoms with E-state index >= 15 is 0 Å². The minimum absolute atomic E-state index is 0.0293. The molecule has 0 aliphatic rings. The Hall–Kier alpha value is -0.410. The molecule has 0 radical (unpaired) electrons. The number of anilines is 1. The van der Waals surface area contributed by atoms with Gasteiger partial charge in [0.1, 0.15) is 5.82 Å². The first kappa shape index (κ1) is 14.7. The highest BCUT2D eigenvalue weighted by Crippen LogP contribution is 2.08. The van der Waals surface area contributed by atoms with Gasteiger partial charge in [0.15, 0.2) is 0 Å². The number of hydrogen-bond acceptors (Lipinski definition) is 4. The van der Waals surface area contributed by atoms with E-state index in [9.17, 15) is 8.42 Å². The van der Waals surface area contributed by atoms with Crippen molar-refractivity contribution in [3.05, 3.63) is 21.9 Å². The molecule has 0 spiro atoms. The van der Waals surface area contributed by atoms with Crippen molar-refractivity contribution in [2.24, 2.45) is 0 Å². The molecular formula is C10H15IN2O3S. The quantitative estimate of drug-likeness (QED) is 0.777. The second kappa shape index (κ2) is 6.50. The molecule has 7 heteroatoms. The lowest BCUT2D eigenvalue weighted by molar-refractivity contribution is 0.0913. The maximum absolute atomic E-state index is 11.6. The van der Waals surface area contributed by atoms with Gasteiger partial charge in [0.25, 0.3) is 0 Å². The van der Waals surface area contributed by atoms with Crippen molar-refractivity contribution < 1.29 is 13.2 Å². The predicted octanol–water partition coefficient (Wildman–Crippen LogP) is 1.85. The van der Waals surface area contributed by atoms with Crippen LogP contribution in [0.1, 0.15) is 13.8 Å². The standard InChI is InChI=1S/C10H15IN2O3S/c1-8(2)16-5-6-17(14,15)13-10-4-3-9(11)7-12-10/h3-4,7-8H,5-6H2,1-2H3,(H,12,13). The van der Waals surface area contributed by atoms with Crippen LogP contribution in [-0.2, 0) is 14.8 Å². The van der Waals surface area contributed by atoms with Gasteiger partial charge in [-0.05, 0) is 48.6 Å². The maximum Gasteiger partial charge on any atom is 0.236 e. The van der Waals surface area contributed by atoms with Crippen LogP contribution in [0.3, 0.4) is 0 Å². The minimum atomic E-state index is -3.38. The number of halogens is 1. The summed E-state index contributed by atoms with van der Waals surface area (Å²) in [5.41, 5.74) is 0. The second-order valence-electron chi connectivity index (χ2n) is 3.70. The molecule has 0 aliphatic heterocycles. The summed E-state index contributed by atoms with van der Waals surface area (Å²) in [5, 5.41) is 0. The van der Waals surface area contributed by atoms with Gasteiger partial charge in [0, 0.05) is 9.77 Å². The summed E-state index contributed by atoms with van der Waals surface area (Å²) in [6.07, 6.45) is 1.63. The number of aromatic nitrogens is 1. The number of rotatable bonds is 6. The zero-order valence-corrected chi connectivity index (χ0v) is 12.7. The van der Waals surface area contributed by atoms with E-state index in [0.717, 1.165) is 3.57 Å². The molecule has 1 aromatic rings. The molecule has 0 saturated heterocycles. The van der Waals surface area contributed by atoms with Crippen molar-refractivity contribution in [2.45, 2.75) is 20.0 Å². The Morgan fingerprint density at radius 3 is 2.71 bits per heavy atom. The van der Waals surface area contributed by atoms with Crippen molar-refractivity contribution in [1.29, 1.82) is 0 Å². The predicted molar refractivity (Wildman–Crippen MR) is 75.5 cm³/mol. The second-order valence-corrected chi connectivity index (χ2v) is 6.79. The topological polar surface area (TPSA) is 68.3 Å². The smallest absolute Gasteiger partial charge is 0.236 e. The molecule has 0 saturated carbocycles. The first-order valence-corrected chi connectivity index (χ1v) is 7.86. The summed E-state index contributed by atoms with van der Waals surface area (Å²) in [5.74, 6) is 0.258. The summed E-state index contributed by atoms with van der Waals surface area (Å²) < 4.78 is 31.8. The minimum Gasteiger partial charge on any atom is -0.378 e. The van der Waals surface area contributed by atoms with Crippen molar-refractivity contribution in [1.82, 2.24) is 4.98 Å². The van der Waals surface area contributed by atoms with E-state index in [1.54, 1.807) is 18.3 Å². The highest BCUT2D eigenvalue weighted by atomic mass is 127. The molecule has 0 atom stereocenters. The number of sulfonamides is 1. The Labute approximate surface area is 115 Å². The molecule has 1 aromatic heterocycles. The van der Waals surface area contributed by atoms with Crippen LogP contribution < -0.4 is 4.72 Å². The monoisotopic (exact) mass is 370 g/mol. The largest absolute Gasteiger partial charge is 0.378 e. The van der Waals surface area contributed by atoms with Crippen LogP contribution in [-0.4, -0.2) is 31.9 Å². The van der Waals surface area contributed by atoms with Gasteiger partial charge >= 0.3 is 0 Å². The lowest BCUT2D eigenvalue weighted by Crippen LogP contribution is -2.22. The third-order valence-electron chi connectivity index (χ3n) is 1.79. The normalized spacial score (nSPS) is 11.8. The summed E-state index contributed by atoms with van der Waals surface area (Å²) in [4.78, 5) is 3.97. The van der Waals surface area contributed by atoms with Crippen LogP contribution in [0.15, 0.2) is 18.3 Å². The zero-order valence-electron chi connectivity index (χ0n) is 9.68. The van der Waals surface area contributed by atoms with E-state index in [1.807, 2.05) is 13.8 Å². The highest BCUT2D eigenvalue weighted by Gasteiger charge is 2.11. The number of ether oxygens (including phenoxy) is 1. The maximum atomic E-state index is 11.6. The third-order valence-corrected chi connectivity index (χ3v) is 3.65. The molecule has 0 bridgehead atoms. The third kappa shape index (κ3) is 6.18. The molecule has 5 nitrogen and oxygen atoms in total. The molecule has 96 valence electrons. The lowest BCUT2D eigenvalue weighted by atomic mass is 10.5. The van der Waals surface area contributed by atoms with Crippen LogP contribution in [0, 0.1) is 3.57 Å². The van der Waals surface area contributed by atoms with Crippen molar-refractivity contribution in [2.75, 3.05) is 17.1 Å². The first-order chi connectivity index (χ1) is 7.89. The van der Waals surface area contributed by atoms with Gasteiger partial charge in [-0.3, -0.25) is 4.72 Å². The van der Waals surface area contributed by atoms with Crippen molar-refractivity contribution in [3.8, 4) is 0 Å². The van der Waals surface area contributed by atoms with Gasteiger partial charge in [-0.25, -0.2) is 13.4 Å². The van der Waals surface area contributed by atoms with Crippen LogP contribution >= 0.6 is 22.6 Å². The molecule has 0 unspecified atom stereocenters. The molecule has 0 aliphatic carbocycles. The van der Waals surface area contributed by atoms with Crippen molar-refractivity contribution >= 4 is 38.4 Å². The molecule has 0 aromatic carbocycles. The van der Waals surface area contributed by atoms with Gasteiger partial charge in [0.05, 0.1) is 18.5 Å². The number of hydrogen-bond donors (Lipinski definition) is 1. The Bertz CT molecular complexity index is 445. The summed E-state index contributed by atoms with van der Waals surface area (Å²) in [6, 6.07) is 3.42. The van der Waals surface area contributed by atoms with Crippen LogP contribution in [0.5, 0.6) is 0 Å². The number of nitrogens with zero attached hydrogens (tertiary/aromatic N) is 1. The molecule has 1 N–H and O–H groups in total. The SMILES string of the molecule is CC(C)OCCS(=O)(=O)Nc1ccc(I)cn1. The van der Waals surface area contributed by atoms with Gasteiger partial charge in [-0.15, -0.1) is 0 Å². The number of nitrogens with one attached hydrogen (secondary N) is 1. The van der Waals surface area contributed by atoms with E-state index in [2.05, 4.69) is 32.3 Å². The van der Waals surface area contributed by atoms with E-state index in [1.165, 1.54) is 0 Å². The Balaban J connectivity index is 2.52. The zero-order chi connectivity index (χ0) is 12.9. The van der Waals surface area contributed by atoms with Gasteiger partial charge in [-0.2, -0.15) is 0 Å². The Morgan fingerprint density at radius 2 is 2.18 bits per heavy atom. The molecule has 0 fully saturated rings. The van der Waals surface area contributed by atoms with E-state index in [4.69, 9.17) is 4.74 Å². The molecule has 1 heterocycles. The summed E-state index contributed by atoms with van der Waals surface area (Å²) in [7, 11) is -3.38. The van der Waals surface area contributed by atoms with E-state index in [-0.39, 0.29) is 18.5 Å². The van der Waals surface area contributed by atoms with E-state index in [0.29, 0.717) is 5.82 Å². The molecular weight excluding hydrogens is 355 g/mol. The van der Waals surface area contributed by atoms with Gasteiger partial charge < -0.3 is 4.74 Å². The molecule has 0 amide bonds. The Morgan fingerprint density at radius 1 is 1.47 bits per heavy atom. The van der Waals surface area contributed by atoms with Crippen LogP contribution in [0.2, 0.25) is 0 Å². The fourth-order valence-electron chi connectivity index (χ4n) is 1.04. The summed E-state index contributed by atoms with van der Waals surface area (Å²) >= 11 is 2.10. The average Bonchev–Trinajstić information content (AvgIpc) is 2.20. The van der Waals surface area contributed by atoms with Crippen LogP contribution in [0.25, 0.3) is 0 Å². The lowest BCUT2D eigenvalue weighted by Gasteiger charge is -2.09. The van der Waals surface area contributed by atoms with Gasteiger partial charge in [-0.1, -0.05) is 0 Å². The molecule has 17 heavy (non-hydrogen) atoms. The van der Waals surface area contributed by atoms with Gasteiger partial charge in [0.2, 0.25) is 10.0 Å². The molecule has 1 rings (SSSR count). The highest BCUT2D eigenvalue weighted by molar-refractivity contribution is 14.1. The Kier molecular flexibility index (Phi) is 5.60. The first-order valence-electron chi connectivity index (χ1n) is 5.13. The fourth-order valence-corrected chi connectivity index (χ4v) is 2.22. The van der Waals surface area contributed by atoms with Crippen molar-refractivity contribution in [3.63, 3.8) is 0 Å². The average molecular weight is 370 g/mol. The fraction of sp³-hybridized carbons (Fsp3) is 0.500. The van der Waals surface area contributed by atoms with E-state index < -0.39 is 10.0 Å². The van der Waals surface area contributed by atoms with Crippen LogP contribution in [0.4, 0.5) is 5.82 Å². The number of pyridine rings is 1. The summed E-state index contributed by atoms with van der Waals surface area (Å²) in [6.45, 7) is 3.90.